The van der Waals surface area contributed by atoms with Gasteiger partial charge in [-0.1, -0.05) is 22.9 Å². The van der Waals surface area contributed by atoms with E-state index in [1.165, 1.54) is 24.5 Å². The third-order valence-corrected chi connectivity index (χ3v) is 6.30. The second-order valence-electron chi connectivity index (χ2n) is 7.30. The Bertz CT molecular complexity index is 955. The molecule has 1 amide bonds. The average Bonchev–Trinajstić information content (AvgIpc) is 2.98. The topological polar surface area (TPSA) is 82.3 Å². The fourth-order valence-corrected chi connectivity index (χ4v) is 4.50. The van der Waals surface area contributed by atoms with Crippen LogP contribution in [0.1, 0.15) is 34.8 Å². The molecule has 1 aliphatic heterocycles. The van der Waals surface area contributed by atoms with Gasteiger partial charge in [0.25, 0.3) is 5.91 Å². The summed E-state index contributed by atoms with van der Waals surface area (Å²) in [5.41, 5.74) is 0.0475. The number of amides is 1. The second kappa shape index (κ2) is 8.97. The zero-order valence-electron chi connectivity index (χ0n) is 16.9. The van der Waals surface area contributed by atoms with Crippen molar-refractivity contribution in [3.05, 3.63) is 44.2 Å². The lowest BCUT2D eigenvalue weighted by molar-refractivity contribution is -0.0940. The molecule has 1 aliphatic rings. The Labute approximate surface area is 178 Å². The molecule has 1 aromatic carbocycles. The van der Waals surface area contributed by atoms with E-state index < -0.39 is 11.5 Å². The first-order chi connectivity index (χ1) is 13.7. The summed E-state index contributed by atoms with van der Waals surface area (Å²) in [6.07, 6.45) is -0.151. The highest BCUT2D eigenvalue weighted by atomic mass is 35.5. The van der Waals surface area contributed by atoms with E-state index in [0.717, 1.165) is 10.6 Å². The molecule has 1 aromatic heterocycles. The Hall–Kier alpha value is -1.71. The van der Waals surface area contributed by atoms with E-state index in [1.807, 2.05) is 11.5 Å². The number of rotatable bonds is 5. The number of ether oxygens (including phenoxy) is 3. The lowest BCUT2D eigenvalue weighted by atomic mass is 10.1. The molecule has 158 valence electrons. The van der Waals surface area contributed by atoms with Crippen LogP contribution < -0.4 is 9.54 Å². The number of thiazole rings is 1. The standard InChI is InChI=1S/C20H25ClN2O5S/c1-12-17(20(2,3)25)29-19(23(12)10-14-11-27-7-8-28-14)22-18(24)15-9-13(21)5-6-16(15)26-4/h5-6,9,14,25H,7-8,10-11H2,1-4H3. The van der Waals surface area contributed by atoms with Gasteiger partial charge >= 0.3 is 0 Å². The Kier molecular flexibility index (Phi) is 6.80. The van der Waals surface area contributed by atoms with Gasteiger partial charge in [-0.25, -0.2) is 0 Å². The van der Waals surface area contributed by atoms with Gasteiger partial charge in [-0.3, -0.25) is 4.79 Å². The number of nitrogens with zero attached hydrogens (tertiary/aromatic N) is 2. The highest BCUT2D eigenvalue weighted by Crippen LogP contribution is 2.27. The highest BCUT2D eigenvalue weighted by Gasteiger charge is 2.26. The summed E-state index contributed by atoms with van der Waals surface area (Å²) in [7, 11) is 1.49. The van der Waals surface area contributed by atoms with E-state index >= 15 is 0 Å². The van der Waals surface area contributed by atoms with Crippen LogP contribution in [0.2, 0.25) is 5.02 Å². The van der Waals surface area contributed by atoms with Crippen LogP contribution in [0.5, 0.6) is 5.75 Å². The van der Waals surface area contributed by atoms with Crippen molar-refractivity contribution in [2.75, 3.05) is 26.9 Å². The third-order valence-electron chi connectivity index (χ3n) is 4.57. The first kappa shape index (κ1) is 22.0. The maximum absolute atomic E-state index is 12.9. The highest BCUT2D eigenvalue weighted by molar-refractivity contribution is 7.09. The predicted molar refractivity (Wildman–Crippen MR) is 111 cm³/mol. The number of methoxy groups -OCH3 is 1. The first-order valence-electron chi connectivity index (χ1n) is 9.25. The summed E-state index contributed by atoms with van der Waals surface area (Å²) in [4.78, 5) is 18.5. The molecule has 0 bridgehead atoms. The molecular weight excluding hydrogens is 416 g/mol. The average molecular weight is 441 g/mol. The molecule has 0 spiro atoms. The maximum Gasteiger partial charge on any atom is 0.283 e. The number of carbonyl (C=O) groups excluding carboxylic acids is 1. The van der Waals surface area contributed by atoms with Crippen molar-refractivity contribution in [1.29, 1.82) is 0 Å². The fraction of sp³-hybridized carbons (Fsp3) is 0.500. The Morgan fingerprint density at radius 3 is 2.83 bits per heavy atom. The molecule has 1 fully saturated rings. The van der Waals surface area contributed by atoms with Gasteiger partial charge in [-0.15, -0.1) is 0 Å². The third kappa shape index (κ3) is 5.07. The van der Waals surface area contributed by atoms with Crippen LogP contribution in [0.15, 0.2) is 23.2 Å². The molecule has 1 unspecified atom stereocenters. The summed E-state index contributed by atoms with van der Waals surface area (Å²) in [5.74, 6) is -0.0721. The van der Waals surface area contributed by atoms with Crippen LogP contribution in [0, 0.1) is 6.92 Å². The minimum atomic E-state index is -1.06. The molecule has 1 atom stereocenters. The summed E-state index contributed by atoms with van der Waals surface area (Å²) in [6, 6.07) is 4.82. The van der Waals surface area contributed by atoms with Crippen LogP contribution in [-0.2, 0) is 21.6 Å². The van der Waals surface area contributed by atoms with Gasteiger partial charge in [0.15, 0.2) is 4.80 Å². The van der Waals surface area contributed by atoms with Crippen molar-refractivity contribution in [2.45, 2.75) is 39.0 Å². The number of hydrogen-bond acceptors (Lipinski definition) is 6. The number of aliphatic hydroxyl groups is 1. The summed E-state index contributed by atoms with van der Waals surface area (Å²) >= 11 is 7.33. The zero-order chi connectivity index (χ0) is 21.2. The van der Waals surface area contributed by atoms with Crippen molar-refractivity contribution in [2.24, 2.45) is 4.99 Å². The number of halogens is 1. The second-order valence-corrected chi connectivity index (χ2v) is 8.71. The van der Waals surface area contributed by atoms with Crippen LogP contribution in [-0.4, -0.2) is 48.6 Å². The molecule has 0 aliphatic carbocycles. The van der Waals surface area contributed by atoms with E-state index in [0.29, 0.717) is 41.9 Å². The van der Waals surface area contributed by atoms with Crippen LogP contribution >= 0.6 is 22.9 Å². The molecule has 2 heterocycles. The van der Waals surface area contributed by atoms with E-state index in [1.54, 1.807) is 26.0 Å². The molecule has 9 heteroatoms. The SMILES string of the molecule is COc1ccc(Cl)cc1C(=O)N=c1sc(C(C)(C)O)c(C)n1CC1COCCO1. The van der Waals surface area contributed by atoms with E-state index in [2.05, 4.69) is 4.99 Å². The Balaban J connectivity index is 2.07. The molecular formula is C20H25ClN2O5S. The van der Waals surface area contributed by atoms with Crippen molar-refractivity contribution in [3.8, 4) is 5.75 Å². The van der Waals surface area contributed by atoms with Crippen molar-refractivity contribution < 1.29 is 24.1 Å². The van der Waals surface area contributed by atoms with E-state index in [-0.39, 0.29) is 11.7 Å². The quantitative estimate of drug-likeness (QED) is 0.773. The minimum Gasteiger partial charge on any atom is -0.496 e. The maximum atomic E-state index is 12.9. The Morgan fingerprint density at radius 2 is 2.21 bits per heavy atom. The molecule has 0 radical (unpaired) electrons. The van der Waals surface area contributed by atoms with Crippen LogP contribution in [0.4, 0.5) is 0 Å². The van der Waals surface area contributed by atoms with Crippen molar-refractivity contribution in [3.63, 3.8) is 0 Å². The zero-order valence-corrected chi connectivity index (χ0v) is 18.5. The monoisotopic (exact) mass is 440 g/mol. The smallest absolute Gasteiger partial charge is 0.283 e. The molecule has 29 heavy (non-hydrogen) atoms. The van der Waals surface area contributed by atoms with E-state index in [9.17, 15) is 9.90 Å². The molecule has 2 aromatic rings. The number of benzene rings is 1. The van der Waals surface area contributed by atoms with Gasteiger partial charge in [0.1, 0.15) is 5.75 Å². The van der Waals surface area contributed by atoms with Gasteiger partial charge in [0.2, 0.25) is 0 Å². The van der Waals surface area contributed by atoms with Crippen molar-refractivity contribution >= 4 is 28.8 Å². The van der Waals surface area contributed by atoms with Gasteiger partial charge in [0.05, 0.1) is 55.6 Å². The predicted octanol–water partition coefficient (Wildman–Crippen LogP) is 2.90. The molecule has 3 rings (SSSR count). The van der Waals surface area contributed by atoms with Crippen LogP contribution in [0.25, 0.3) is 0 Å². The minimum absolute atomic E-state index is 0.151. The lowest BCUT2D eigenvalue weighted by Crippen LogP contribution is -2.35. The van der Waals surface area contributed by atoms with E-state index in [4.69, 9.17) is 25.8 Å². The number of carbonyl (C=O) groups is 1. The summed E-state index contributed by atoms with van der Waals surface area (Å²) in [5, 5.41) is 11.0. The normalized spacial score (nSPS) is 18.1. The van der Waals surface area contributed by atoms with Gasteiger partial charge in [-0.05, 0) is 39.0 Å². The molecule has 0 saturated carbocycles. The van der Waals surface area contributed by atoms with Gasteiger partial charge in [-0.2, -0.15) is 4.99 Å². The molecule has 1 N–H and O–H groups in total. The summed E-state index contributed by atoms with van der Waals surface area (Å²) < 4.78 is 18.4. The van der Waals surface area contributed by atoms with Crippen LogP contribution in [0.3, 0.4) is 0 Å². The number of hydrogen-bond donors (Lipinski definition) is 1. The fourth-order valence-electron chi connectivity index (χ4n) is 3.19. The lowest BCUT2D eigenvalue weighted by Gasteiger charge is -2.24. The van der Waals surface area contributed by atoms with Crippen molar-refractivity contribution in [1.82, 2.24) is 4.57 Å². The first-order valence-corrected chi connectivity index (χ1v) is 10.4. The van der Waals surface area contributed by atoms with Gasteiger partial charge < -0.3 is 23.9 Å². The summed E-state index contributed by atoms with van der Waals surface area (Å²) in [6.45, 7) is 7.36. The largest absolute Gasteiger partial charge is 0.496 e. The molecule has 1 saturated heterocycles. The number of aromatic nitrogens is 1. The molecule has 7 nitrogen and oxygen atoms in total. The van der Waals surface area contributed by atoms with Gasteiger partial charge in [0, 0.05) is 10.7 Å². The Morgan fingerprint density at radius 1 is 1.45 bits per heavy atom.